The van der Waals surface area contributed by atoms with E-state index in [1.807, 2.05) is 24.3 Å². The van der Waals surface area contributed by atoms with Crippen LogP contribution in [0, 0.1) is 6.92 Å². The lowest BCUT2D eigenvalue weighted by Gasteiger charge is -2.11. The molecule has 0 atom stereocenters. The van der Waals surface area contributed by atoms with Gasteiger partial charge in [0.25, 0.3) is 0 Å². The number of furan rings is 1. The van der Waals surface area contributed by atoms with Crippen LogP contribution in [0.4, 0.5) is 0 Å². The maximum Gasteiger partial charge on any atom is 0.190 e. The van der Waals surface area contributed by atoms with E-state index in [0.29, 0.717) is 0 Å². The van der Waals surface area contributed by atoms with Crippen molar-refractivity contribution in [2.24, 2.45) is 4.99 Å². The zero-order valence-corrected chi connectivity index (χ0v) is 17.3. The highest BCUT2D eigenvalue weighted by Gasteiger charge is 1.99. The molecule has 0 amide bonds. The van der Waals surface area contributed by atoms with Crippen LogP contribution in [0.15, 0.2) is 52.1 Å². The van der Waals surface area contributed by atoms with Crippen molar-refractivity contribution in [2.45, 2.75) is 26.2 Å². The molecule has 1 aromatic heterocycles. The normalized spacial score (nSPS) is 10.9. The van der Waals surface area contributed by atoms with Gasteiger partial charge in [-0.3, -0.25) is 4.99 Å². The fraction of sp³-hybridized carbons (Fsp3) is 0.421. The molecule has 1 aromatic carbocycles. The van der Waals surface area contributed by atoms with E-state index in [2.05, 4.69) is 34.7 Å². The molecule has 0 aliphatic rings. The molecule has 2 rings (SSSR count). The smallest absolute Gasteiger partial charge is 0.190 e. The minimum Gasteiger partial charge on any atom is -0.494 e. The Balaban J connectivity index is 0.00000312. The molecule has 5 nitrogen and oxygen atoms in total. The zero-order chi connectivity index (χ0) is 17.0. The largest absolute Gasteiger partial charge is 0.494 e. The van der Waals surface area contributed by atoms with E-state index in [4.69, 9.17) is 9.15 Å². The number of rotatable bonds is 9. The molecule has 0 bridgehead atoms. The lowest BCUT2D eigenvalue weighted by Crippen LogP contribution is -2.38. The second-order valence-corrected chi connectivity index (χ2v) is 5.62. The first-order chi connectivity index (χ1) is 11.8. The van der Waals surface area contributed by atoms with Crippen molar-refractivity contribution >= 4 is 29.9 Å². The fourth-order valence-electron chi connectivity index (χ4n) is 2.24. The number of aryl methyl sites for hydroxylation is 1. The number of unbranched alkanes of at least 4 members (excludes halogenated alkanes) is 1. The minimum atomic E-state index is 0. The van der Waals surface area contributed by atoms with E-state index < -0.39 is 0 Å². The Hall–Kier alpha value is -1.70. The average Bonchev–Trinajstić information content (AvgIpc) is 3.11. The molecule has 6 heteroatoms. The molecule has 2 aromatic rings. The molecule has 0 aliphatic carbocycles. The van der Waals surface area contributed by atoms with Crippen LogP contribution in [0.2, 0.25) is 0 Å². The Morgan fingerprint density at radius 3 is 2.52 bits per heavy atom. The standard InChI is InChI=1S/C19H27N3O2.HI/c1-16-7-9-18(10-8-16)23-14-4-3-12-21-19(20-2)22-13-11-17-6-5-15-24-17;/h5-10,15H,3-4,11-14H2,1-2H3,(H2,20,21,22);1H. The second-order valence-electron chi connectivity index (χ2n) is 5.62. The molecule has 0 radical (unpaired) electrons. The van der Waals surface area contributed by atoms with Gasteiger partial charge in [-0.2, -0.15) is 0 Å². The summed E-state index contributed by atoms with van der Waals surface area (Å²) in [7, 11) is 1.78. The van der Waals surface area contributed by atoms with Gasteiger partial charge in [0.05, 0.1) is 12.9 Å². The third-order valence-electron chi connectivity index (χ3n) is 3.62. The molecular formula is C19H28IN3O2. The maximum atomic E-state index is 5.72. The average molecular weight is 457 g/mol. The minimum absolute atomic E-state index is 0. The molecular weight excluding hydrogens is 429 g/mol. The molecule has 2 N–H and O–H groups in total. The van der Waals surface area contributed by atoms with E-state index in [0.717, 1.165) is 56.4 Å². The monoisotopic (exact) mass is 457 g/mol. The second kappa shape index (κ2) is 12.6. The van der Waals surface area contributed by atoms with Crippen LogP contribution in [-0.2, 0) is 6.42 Å². The molecule has 0 unspecified atom stereocenters. The summed E-state index contributed by atoms with van der Waals surface area (Å²) in [6, 6.07) is 12.0. The quantitative estimate of drug-likeness (QED) is 0.261. The van der Waals surface area contributed by atoms with Gasteiger partial charge >= 0.3 is 0 Å². The Bertz CT molecular complexity index is 598. The molecule has 1 heterocycles. The number of nitrogens with zero attached hydrogens (tertiary/aromatic N) is 1. The van der Waals surface area contributed by atoms with Crippen molar-refractivity contribution in [1.29, 1.82) is 0 Å². The number of hydrogen-bond donors (Lipinski definition) is 2. The summed E-state index contributed by atoms with van der Waals surface area (Å²) in [5.41, 5.74) is 1.25. The summed E-state index contributed by atoms with van der Waals surface area (Å²) in [5.74, 6) is 2.73. The highest BCUT2D eigenvalue weighted by molar-refractivity contribution is 14.0. The van der Waals surface area contributed by atoms with Crippen molar-refractivity contribution in [1.82, 2.24) is 10.6 Å². The maximum absolute atomic E-state index is 5.72. The zero-order valence-electron chi connectivity index (χ0n) is 15.0. The number of guanidine groups is 1. The number of nitrogens with one attached hydrogen (secondary N) is 2. The summed E-state index contributed by atoms with van der Waals surface area (Å²) in [4.78, 5) is 4.21. The highest BCUT2D eigenvalue weighted by Crippen LogP contribution is 2.11. The van der Waals surface area contributed by atoms with Gasteiger partial charge in [0.2, 0.25) is 0 Å². The molecule has 138 valence electrons. The predicted molar refractivity (Wildman–Crippen MR) is 113 cm³/mol. The Morgan fingerprint density at radius 1 is 1.08 bits per heavy atom. The van der Waals surface area contributed by atoms with Gasteiger partial charge in [-0.1, -0.05) is 17.7 Å². The Labute approximate surface area is 167 Å². The van der Waals surface area contributed by atoms with E-state index in [9.17, 15) is 0 Å². The summed E-state index contributed by atoms with van der Waals surface area (Å²) in [6.45, 7) is 4.47. The van der Waals surface area contributed by atoms with Gasteiger partial charge < -0.3 is 19.8 Å². The van der Waals surface area contributed by atoms with Crippen LogP contribution >= 0.6 is 24.0 Å². The summed E-state index contributed by atoms with van der Waals surface area (Å²) in [6.07, 6.45) is 4.58. The van der Waals surface area contributed by atoms with Crippen LogP contribution in [0.3, 0.4) is 0 Å². The van der Waals surface area contributed by atoms with E-state index in [1.165, 1.54) is 5.56 Å². The van der Waals surface area contributed by atoms with Crippen molar-refractivity contribution in [3.8, 4) is 5.75 Å². The first kappa shape index (κ1) is 21.3. The Kier molecular flexibility index (Phi) is 10.8. The van der Waals surface area contributed by atoms with Crippen molar-refractivity contribution in [3.63, 3.8) is 0 Å². The van der Waals surface area contributed by atoms with Crippen LogP contribution in [0.1, 0.15) is 24.2 Å². The lowest BCUT2D eigenvalue weighted by atomic mass is 10.2. The first-order valence-electron chi connectivity index (χ1n) is 8.44. The number of benzene rings is 1. The fourth-order valence-corrected chi connectivity index (χ4v) is 2.24. The van der Waals surface area contributed by atoms with E-state index in [1.54, 1.807) is 13.3 Å². The molecule has 0 fully saturated rings. The third kappa shape index (κ3) is 8.81. The van der Waals surface area contributed by atoms with Gasteiger partial charge in [0, 0.05) is 26.6 Å². The number of aliphatic imine (C=N–C) groups is 1. The molecule has 0 aliphatic heterocycles. The Morgan fingerprint density at radius 2 is 1.84 bits per heavy atom. The number of halogens is 1. The van der Waals surface area contributed by atoms with Crippen molar-refractivity contribution in [2.75, 3.05) is 26.7 Å². The van der Waals surface area contributed by atoms with Gasteiger partial charge in [0.15, 0.2) is 5.96 Å². The van der Waals surface area contributed by atoms with E-state index in [-0.39, 0.29) is 24.0 Å². The number of ether oxygens (including phenoxy) is 1. The van der Waals surface area contributed by atoms with Gasteiger partial charge in [-0.15, -0.1) is 24.0 Å². The third-order valence-corrected chi connectivity index (χ3v) is 3.62. The molecule has 0 saturated carbocycles. The summed E-state index contributed by atoms with van der Waals surface area (Å²) >= 11 is 0. The molecule has 25 heavy (non-hydrogen) atoms. The molecule has 0 saturated heterocycles. The topological polar surface area (TPSA) is 58.8 Å². The highest BCUT2D eigenvalue weighted by atomic mass is 127. The number of hydrogen-bond acceptors (Lipinski definition) is 3. The van der Waals surface area contributed by atoms with Crippen LogP contribution in [0.25, 0.3) is 0 Å². The predicted octanol–water partition coefficient (Wildman–Crippen LogP) is 3.77. The lowest BCUT2D eigenvalue weighted by molar-refractivity contribution is 0.307. The van der Waals surface area contributed by atoms with Gasteiger partial charge in [-0.25, -0.2) is 0 Å². The van der Waals surface area contributed by atoms with Crippen LogP contribution in [-0.4, -0.2) is 32.7 Å². The molecule has 0 spiro atoms. The summed E-state index contributed by atoms with van der Waals surface area (Å²) < 4.78 is 11.0. The SMILES string of the molecule is CN=C(NCCCCOc1ccc(C)cc1)NCCc1ccco1.I. The van der Waals surface area contributed by atoms with Gasteiger partial charge in [0.1, 0.15) is 11.5 Å². The van der Waals surface area contributed by atoms with E-state index >= 15 is 0 Å². The van der Waals surface area contributed by atoms with Crippen LogP contribution in [0.5, 0.6) is 5.75 Å². The first-order valence-corrected chi connectivity index (χ1v) is 8.44. The summed E-state index contributed by atoms with van der Waals surface area (Å²) in [5, 5.41) is 6.59. The van der Waals surface area contributed by atoms with Crippen molar-refractivity contribution < 1.29 is 9.15 Å². The van der Waals surface area contributed by atoms with Gasteiger partial charge in [-0.05, 0) is 44.0 Å². The van der Waals surface area contributed by atoms with Crippen molar-refractivity contribution in [3.05, 3.63) is 54.0 Å². The van der Waals surface area contributed by atoms with Crippen LogP contribution < -0.4 is 15.4 Å².